The number of nitrogen functional groups attached to an aromatic ring is 1. The van der Waals surface area contributed by atoms with Crippen LogP contribution in [0.5, 0.6) is 5.75 Å². The van der Waals surface area contributed by atoms with Gasteiger partial charge in [0.15, 0.2) is 0 Å². The van der Waals surface area contributed by atoms with Crippen molar-refractivity contribution in [3.05, 3.63) is 63.7 Å². The van der Waals surface area contributed by atoms with Gasteiger partial charge in [-0.25, -0.2) is 0 Å². The Morgan fingerprint density at radius 2 is 1.92 bits per heavy atom. The molecule has 0 radical (unpaired) electrons. The van der Waals surface area contributed by atoms with Crippen LogP contribution in [-0.2, 0) is 6.54 Å². The first kappa shape index (κ1) is 17.1. The van der Waals surface area contributed by atoms with E-state index in [4.69, 9.17) is 5.73 Å². The summed E-state index contributed by atoms with van der Waals surface area (Å²) in [7, 11) is 0. The maximum atomic E-state index is 12.0. The molecule has 2 aromatic rings. The Bertz CT molecular complexity index is 751. The Labute approximate surface area is 135 Å². The molecule has 0 spiro atoms. The van der Waals surface area contributed by atoms with E-state index in [0.717, 1.165) is 6.07 Å². The lowest BCUT2D eigenvalue weighted by Gasteiger charge is -2.08. The topological polar surface area (TPSA) is 107 Å². The maximum absolute atomic E-state index is 12.0. The smallest absolute Gasteiger partial charge is 0.387 e. The van der Waals surface area contributed by atoms with Crippen molar-refractivity contribution in [3.63, 3.8) is 0 Å². The summed E-state index contributed by atoms with van der Waals surface area (Å²) in [6.07, 6.45) is 0. The third kappa shape index (κ3) is 4.38. The number of rotatable bonds is 6. The first-order valence-electron chi connectivity index (χ1n) is 6.72. The molecule has 0 aromatic heterocycles. The van der Waals surface area contributed by atoms with Gasteiger partial charge in [-0.1, -0.05) is 12.1 Å². The van der Waals surface area contributed by atoms with E-state index < -0.39 is 17.4 Å². The van der Waals surface area contributed by atoms with Gasteiger partial charge in [0, 0.05) is 18.2 Å². The van der Waals surface area contributed by atoms with Crippen molar-refractivity contribution < 1.29 is 23.2 Å². The van der Waals surface area contributed by atoms with Gasteiger partial charge >= 0.3 is 6.61 Å². The van der Waals surface area contributed by atoms with E-state index in [1.807, 2.05) is 0 Å². The van der Waals surface area contributed by atoms with Crippen LogP contribution in [-0.4, -0.2) is 17.4 Å². The number of benzene rings is 2. The molecular weight excluding hydrogens is 324 g/mol. The van der Waals surface area contributed by atoms with Crippen LogP contribution < -0.4 is 15.8 Å². The van der Waals surface area contributed by atoms with Crippen molar-refractivity contribution in [2.24, 2.45) is 0 Å². The third-order valence-corrected chi connectivity index (χ3v) is 3.09. The van der Waals surface area contributed by atoms with Crippen LogP contribution in [0, 0.1) is 10.1 Å². The number of carbonyl (C=O) groups excluding carboxylic acids is 1. The fourth-order valence-electron chi connectivity index (χ4n) is 1.92. The monoisotopic (exact) mass is 337 g/mol. The molecule has 0 fully saturated rings. The van der Waals surface area contributed by atoms with E-state index in [-0.39, 0.29) is 29.2 Å². The first-order valence-corrected chi connectivity index (χ1v) is 6.72. The Hall–Kier alpha value is -3.23. The van der Waals surface area contributed by atoms with Crippen LogP contribution in [0.15, 0.2) is 42.5 Å². The molecule has 2 rings (SSSR count). The molecular formula is C15H13F2N3O4. The first-order chi connectivity index (χ1) is 11.4. The average Bonchev–Trinajstić information content (AvgIpc) is 2.53. The van der Waals surface area contributed by atoms with Gasteiger partial charge in [-0.15, -0.1) is 0 Å². The Morgan fingerprint density at radius 1 is 1.25 bits per heavy atom. The lowest BCUT2D eigenvalue weighted by atomic mass is 10.1. The van der Waals surface area contributed by atoms with Gasteiger partial charge in [0.2, 0.25) is 0 Å². The molecule has 0 bridgehead atoms. The predicted molar refractivity (Wildman–Crippen MR) is 81.8 cm³/mol. The third-order valence-electron chi connectivity index (χ3n) is 3.09. The second-order valence-electron chi connectivity index (χ2n) is 4.74. The quantitative estimate of drug-likeness (QED) is 0.479. The zero-order valence-electron chi connectivity index (χ0n) is 12.2. The molecule has 3 N–H and O–H groups in total. The normalized spacial score (nSPS) is 10.5. The van der Waals surface area contributed by atoms with Crippen LogP contribution in [0.25, 0.3) is 0 Å². The number of nitrogens with zero attached hydrogens (tertiary/aromatic N) is 1. The molecule has 126 valence electrons. The molecule has 0 saturated carbocycles. The number of carbonyl (C=O) groups is 1. The minimum atomic E-state index is -2.91. The van der Waals surface area contributed by atoms with E-state index in [1.165, 1.54) is 36.4 Å². The molecule has 9 heteroatoms. The molecule has 2 aromatic carbocycles. The van der Waals surface area contributed by atoms with Crippen LogP contribution >= 0.6 is 0 Å². The highest BCUT2D eigenvalue weighted by Crippen LogP contribution is 2.22. The zero-order chi connectivity index (χ0) is 17.7. The number of anilines is 1. The summed E-state index contributed by atoms with van der Waals surface area (Å²) in [6, 6.07) is 9.47. The molecule has 7 nitrogen and oxygen atoms in total. The van der Waals surface area contributed by atoms with Crippen LogP contribution in [0.1, 0.15) is 15.9 Å². The van der Waals surface area contributed by atoms with Crippen molar-refractivity contribution in [2.75, 3.05) is 5.73 Å². The number of alkyl halides is 2. The standard InChI is InChI=1S/C15H13F2N3O4/c16-15(17)24-11-4-1-9(2-5-11)8-19-14(21)10-3-6-12(18)13(7-10)20(22)23/h1-7,15H,8,18H2,(H,19,21). The average molecular weight is 337 g/mol. The largest absolute Gasteiger partial charge is 0.435 e. The molecule has 0 aliphatic heterocycles. The molecule has 0 aliphatic carbocycles. The van der Waals surface area contributed by atoms with Gasteiger partial charge in [0.25, 0.3) is 11.6 Å². The second kappa shape index (κ2) is 7.36. The predicted octanol–water partition coefficient (Wildman–Crippen LogP) is 2.71. The van der Waals surface area contributed by atoms with E-state index >= 15 is 0 Å². The fourth-order valence-corrected chi connectivity index (χ4v) is 1.92. The summed E-state index contributed by atoms with van der Waals surface area (Å²) in [4.78, 5) is 22.2. The van der Waals surface area contributed by atoms with E-state index in [9.17, 15) is 23.7 Å². The molecule has 1 amide bonds. The Balaban J connectivity index is 2.00. The highest BCUT2D eigenvalue weighted by molar-refractivity contribution is 5.95. The van der Waals surface area contributed by atoms with Crippen LogP contribution in [0.4, 0.5) is 20.2 Å². The van der Waals surface area contributed by atoms with Gasteiger partial charge < -0.3 is 15.8 Å². The summed E-state index contributed by atoms with van der Waals surface area (Å²) in [6.45, 7) is -2.79. The number of ether oxygens (including phenoxy) is 1. The molecule has 0 atom stereocenters. The molecule has 24 heavy (non-hydrogen) atoms. The molecule has 0 saturated heterocycles. The lowest BCUT2D eigenvalue weighted by molar-refractivity contribution is -0.383. The van der Waals surface area contributed by atoms with Gasteiger partial charge in [-0.2, -0.15) is 8.78 Å². The fraction of sp³-hybridized carbons (Fsp3) is 0.133. The summed E-state index contributed by atoms with van der Waals surface area (Å²) < 4.78 is 28.3. The highest BCUT2D eigenvalue weighted by atomic mass is 19.3. The maximum Gasteiger partial charge on any atom is 0.387 e. The van der Waals surface area contributed by atoms with E-state index in [1.54, 1.807) is 0 Å². The Kier molecular flexibility index (Phi) is 5.25. The number of hydrogen-bond acceptors (Lipinski definition) is 5. The minimum absolute atomic E-state index is 0.00855. The molecule has 0 aliphatic rings. The van der Waals surface area contributed by atoms with E-state index in [0.29, 0.717) is 5.56 Å². The van der Waals surface area contributed by atoms with Gasteiger partial charge in [-0.3, -0.25) is 14.9 Å². The van der Waals surface area contributed by atoms with Crippen molar-refractivity contribution in [2.45, 2.75) is 13.2 Å². The Morgan fingerprint density at radius 3 is 2.50 bits per heavy atom. The number of nitrogens with one attached hydrogen (secondary N) is 1. The number of hydrogen-bond donors (Lipinski definition) is 2. The molecule has 0 heterocycles. The van der Waals surface area contributed by atoms with Crippen molar-refractivity contribution in [1.82, 2.24) is 5.32 Å². The zero-order valence-corrected chi connectivity index (χ0v) is 12.2. The van der Waals surface area contributed by atoms with E-state index in [2.05, 4.69) is 10.1 Å². The van der Waals surface area contributed by atoms with Crippen molar-refractivity contribution >= 4 is 17.3 Å². The summed E-state index contributed by atoms with van der Waals surface area (Å²) >= 11 is 0. The highest BCUT2D eigenvalue weighted by Gasteiger charge is 2.15. The SMILES string of the molecule is Nc1ccc(C(=O)NCc2ccc(OC(F)F)cc2)cc1[N+](=O)[O-]. The number of halogens is 2. The second-order valence-corrected chi connectivity index (χ2v) is 4.74. The van der Waals surface area contributed by atoms with Crippen LogP contribution in [0.3, 0.4) is 0 Å². The van der Waals surface area contributed by atoms with Crippen LogP contribution in [0.2, 0.25) is 0 Å². The molecule has 0 unspecified atom stereocenters. The van der Waals surface area contributed by atoms with Crippen molar-refractivity contribution in [3.8, 4) is 5.75 Å². The minimum Gasteiger partial charge on any atom is -0.435 e. The van der Waals surface area contributed by atoms with Gasteiger partial charge in [0.1, 0.15) is 11.4 Å². The summed E-state index contributed by atoms with van der Waals surface area (Å²) in [5, 5.41) is 13.4. The number of amides is 1. The lowest BCUT2D eigenvalue weighted by Crippen LogP contribution is -2.22. The summed E-state index contributed by atoms with van der Waals surface area (Å²) in [5.74, 6) is -0.514. The van der Waals surface area contributed by atoms with Gasteiger partial charge in [0.05, 0.1) is 4.92 Å². The number of nitro groups is 1. The summed E-state index contributed by atoms with van der Waals surface area (Å²) in [5.41, 5.74) is 5.82. The number of nitro benzene ring substituents is 1. The van der Waals surface area contributed by atoms with Gasteiger partial charge in [-0.05, 0) is 29.8 Å². The van der Waals surface area contributed by atoms with Crippen molar-refractivity contribution in [1.29, 1.82) is 0 Å². The number of nitrogens with two attached hydrogens (primary N) is 1.